The summed E-state index contributed by atoms with van der Waals surface area (Å²) in [5, 5.41) is 12.2. The van der Waals surface area contributed by atoms with Crippen LogP contribution in [0, 0.1) is 19.3 Å². The average Bonchev–Trinajstić information content (AvgIpc) is 2.91. The van der Waals surface area contributed by atoms with E-state index >= 15 is 0 Å². The van der Waals surface area contributed by atoms with Crippen LogP contribution in [0.3, 0.4) is 0 Å². The van der Waals surface area contributed by atoms with Crippen molar-refractivity contribution in [2.75, 3.05) is 0 Å². The van der Waals surface area contributed by atoms with Crippen LogP contribution in [0.25, 0.3) is 27.9 Å². The van der Waals surface area contributed by atoms with Crippen molar-refractivity contribution >= 4 is 27.9 Å². The van der Waals surface area contributed by atoms with Crippen LogP contribution in [0.4, 0.5) is 0 Å². The van der Waals surface area contributed by atoms with Crippen LogP contribution in [-0.2, 0) is 0 Å². The van der Waals surface area contributed by atoms with Crippen LogP contribution in [0.2, 0.25) is 0 Å². The predicted octanol–water partition coefficient (Wildman–Crippen LogP) is 7.43. The summed E-state index contributed by atoms with van der Waals surface area (Å²) in [6.45, 7) is 13.3. The van der Waals surface area contributed by atoms with Crippen LogP contribution in [-0.4, -0.2) is 10.1 Å². The minimum Gasteiger partial charge on any atom is -0.508 e. The lowest BCUT2D eigenvalue weighted by Crippen LogP contribution is -2.06. The maximum absolute atomic E-state index is 9.83. The Labute approximate surface area is 162 Å². The number of fused-ring (bicyclic) bond motifs is 3. The molecule has 27 heavy (non-hydrogen) atoms. The second kappa shape index (κ2) is 7.26. The number of H-pyrrole nitrogens is 1. The fourth-order valence-electron chi connectivity index (χ4n) is 3.63. The highest BCUT2D eigenvalue weighted by molar-refractivity contribution is 6.10. The molecule has 0 bridgehead atoms. The van der Waals surface area contributed by atoms with Gasteiger partial charge < -0.3 is 10.1 Å². The number of aryl methyl sites for hydroxylation is 1. The molecule has 0 amide bonds. The minimum absolute atomic E-state index is 0.138. The highest BCUT2D eigenvalue weighted by Crippen LogP contribution is 2.35. The van der Waals surface area contributed by atoms with Crippen molar-refractivity contribution in [1.82, 2.24) is 4.98 Å². The van der Waals surface area contributed by atoms with E-state index in [2.05, 4.69) is 70.8 Å². The molecular weight excluding hydrogens is 330 g/mol. The zero-order valence-electron chi connectivity index (χ0n) is 17.4. The SMILES string of the molecule is CC(C)=CCCC(C)(C)/C=C\c1c(C)c(C)cc2c1[nH]c1cc(O)ccc12. The van der Waals surface area contributed by atoms with E-state index in [0.29, 0.717) is 5.75 Å². The number of phenols is 1. The van der Waals surface area contributed by atoms with Crippen LogP contribution in [0.5, 0.6) is 5.75 Å². The van der Waals surface area contributed by atoms with Crippen molar-refractivity contribution in [1.29, 1.82) is 0 Å². The molecule has 3 rings (SSSR count). The van der Waals surface area contributed by atoms with E-state index in [-0.39, 0.29) is 5.41 Å². The van der Waals surface area contributed by atoms with Crippen molar-refractivity contribution in [3.63, 3.8) is 0 Å². The summed E-state index contributed by atoms with van der Waals surface area (Å²) in [7, 11) is 0. The number of nitrogens with one attached hydrogen (secondary N) is 1. The highest BCUT2D eigenvalue weighted by Gasteiger charge is 2.15. The Morgan fingerprint density at radius 1 is 1.11 bits per heavy atom. The number of hydrogen-bond acceptors (Lipinski definition) is 1. The minimum atomic E-state index is 0.138. The molecule has 0 aliphatic rings. The highest BCUT2D eigenvalue weighted by atomic mass is 16.3. The molecule has 0 saturated carbocycles. The first kappa shape index (κ1) is 19.3. The van der Waals surface area contributed by atoms with Gasteiger partial charge in [-0.05, 0) is 75.3 Å². The van der Waals surface area contributed by atoms with Gasteiger partial charge in [0.05, 0.1) is 11.0 Å². The van der Waals surface area contributed by atoms with Crippen LogP contribution >= 0.6 is 0 Å². The fourth-order valence-corrected chi connectivity index (χ4v) is 3.63. The van der Waals surface area contributed by atoms with Gasteiger partial charge >= 0.3 is 0 Å². The molecule has 0 fully saturated rings. The normalized spacial score (nSPS) is 12.4. The number of hydrogen-bond donors (Lipinski definition) is 2. The number of rotatable bonds is 5. The van der Waals surface area contributed by atoms with Crippen LogP contribution in [0.1, 0.15) is 57.2 Å². The summed E-state index contributed by atoms with van der Waals surface area (Å²) in [6, 6.07) is 7.80. The van der Waals surface area contributed by atoms with Gasteiger partial charge in [-0.15, -0.1) is 0 Å². The summed E-state index contributed by atoms with van der Waals surface area (Å²) >= 11 is 0. The number of allylic oxidation sites excluding steroid dienone is 3. The van der Waals surface area contributed by atoms with Crippen molar-refractivity contribution in [3.8, 4) is 5.75 Å². The van der Waals surface area contributed by atoms with E-state index in [1.54, 1.807) is 12.1 Å². The maximum Gasteiger partial charge on any atom is 0.117 e. The van der Waals surface area contributed by atoms with Gasteiger partial charge in [0.2, 0.25) is 0 Å². The lowest BCUT2D eigenvalue weighted by molar-refractivity contribution is 0.444. The zero-order valence-corrected chi connectivity index (χ0v) is 17.4. The Morgan fingerprint density at radius 2 is 1.85 bits per heavy atom. The van der Waals surface area contributed by atoms with Crippen LogP contribution in [0.15, 0.2) is 42.0 Å². The molecule has 0 aliphatic carbocycles. The van der Waals surface area contributed by atoms with E-state index < -0.39 is 0 Å². The van der Waals surface area contributed by atoms with Gasteiger partial charge in [0.15, 0.2) is 0 Å². The number of aromatic nitrogens is 1. The van der Waals surface area contributed by atoms with Crippen molar-refractivity contribution in [2.24, 2.45) is 5.41 Å². The van der Waals surface area contributed by atoms with E-state index in [0.717, 1.165) is 29.3 Å². The molecular formula is C25H31NO. The molecule has 142 valence electrons. The third kappa shape index (κ3) is 4.10. The Balaban J connectivity index is 2.06. The average molecular weight is 362 g/mol. The first-order chi connectivity index (χ1) is 12.7. The molecule has 3 aromatic rings. The molecule has 1 heterocycles. The number of aromatic amines is 1. The van der Waals surface area contributed by atoms with Gasteiger partial charge in [0, 0.05) is 22.4 Å². The molecule has 2 nitrogen and oxygen atoms in total. The zero-order chi connectivity index (χ0) is 19.8. The second-order valence-corrected chi connectivity index (χ2v) is 8.65. The molecule has 2 N–H and O–H groups in total. The summed E-state index contributed by atoms with van der Waals surface area (Å²) in [4.78, 5) is 3.53. The smallest absolute Gasteiger partial charge is 0.117 e. The lowest BCUT2D eigenvalue weighted by atomic mass is 9.86. The van der Waals surface area contributed by atoms with E-state index in [1.165, 1.54) is 27.6 Å². The van der Waals surface area contributed by atoms with Gasteiger partial charge in [0.1, 0.15) is 5.75 Å². The molecule has 2 aromatic carbocycles. The van der Waals surface area contributed by atoms with Gasteiger partial charge in [-0.25, -0.2) is 0 Å². The monoisotopic (exact) mass is 361 g/mol. The third-order valence-corrected chi connectivity index (χ3v) is 5.49. The lowest BCUT2D eigenvalue weighted by Gasteiger charge is -2.19. The van der Waals surface area contributed by atoms with Gasteiger partial charge in [-0.1, -0.05) is 37.6 Å². The Bertz CT molecular complexity index is 1040. The van der Waals surface area contributed by atoms with E-state index in [1.807, 2.05) is 6.07 Å². The number of benzene rings is 2. The summed E-state index contributed by atoms with van der Waals surface area (Å²) < 4.78 is 0. The first-order valence-electron chi connectivity index (χ1n) is 9.75. The molecule has 0 saturated heterocycles. The molecule has 0 radical (unpaired) electrons. The van der Waals surface area contributed by atoms with Crippen molar-refractivity contribution in [3.05, 3.63) is 58.7 Å². The van der Waals surface area contributed by atoms with E-state index in [4.69, 9.17) is 0 Å². The Kier molecular flexibility index (Phi) is 5.19. The maximum atomic E-state index is 9.83. The van der Waals surface area contributed by atoms with Gasteiger partial charge in [0.25, 0.3) is 0 Å². The van der Waals surface area contributed by atoms with Gasteiger partial charge in [-0.2, -0.15) is 0 Å². The Morgan fingerprint density at radius 3 is 2.56 bits per heavy atom. The topological polar surface area (TPSA) is 36.0 Å². The molecule has 1 aromatic heterocycles. The summed E-state index contributed by atoms with van der Waals surface area (Å²) in [6.07, 6.45) is 9.17. The van der Waals surface area contributed by atoms with Crippen LogP contribution < -0.4 is 0 Å². The fraction of sp³-hybridized carbons (Fsp3) is 0.360. The summed E-state index contributed by atoms with van der Waals surface area (Å²) in [5.41, 5.74) is 7.48. The van der Waals surface area contributed by atoms with Gasteiger partial charge in [-0.3, -0.25) is 0 Å². The molecule has 2 heteroatoms. The quantitative estimate of drug-likeness (QED) is 0.455. The van der Waals surface area contributed by atoms with E-state index in [9.17, 15) is 5.11 Å². The third-order valence-electron chi connectivity index (χ3n) is 5.49. The standard InChI is InChI=1S/C25H31NO/c1-16(2)8-7-12-25(5,6)13-11-20-18(4)17(3)14-22-21-10-9-19(27)15-23(21)26-24(20)22/h8-11,13-15,26-27H,7,12H2,1-6H3/b13-11-. The molecule has 0 unspecified atom stereocenters. The number of aromatic hydroxyl groups is 1. The summed E-state index contributed by atoms with van der Waals surface area (Å²) in [5.74, 6) is 0.292. The number of phenolic OH excluding ortho intramolecular Hbond substituents is 1. The largest absolute Gasteiger partial charge is 0.508 e. The Hall–Kier alpha value is -2.48. The second-order valence-electron chi connectivity index (χ2n) is 8.65. The van der Waals surface area contributed by atoms with Crippen molar-refractivity contribution in [2.45, 2.75) is 54.4 Å². The molecule has 0 aliphatic heterocycles. The molecule has 0 spiro atoms. The first-order valence-corrected chi connectivity index (χ1v) is 9.75. The predicted molar refractivity (Wildman–Crippen MR) is 118 cm³/mol. The molecule has 0 atom stereocenters. The van der Waals surface area contributed by atoms with Crippen molar-refractivity contribution < 1.29 is 5.11 Å².